The molecule has 2 aromatic carbocycles. The van der Waals surface area contributed by atoms with Crippen molar-refractivity contribution in [3.8, 4) is 11.5 Å². The van der Waals surface area contributed by atoms with Gasteiger partial charge in [0.2, 0.25) is 0 Å². The Labute approximate surface area is 172 Å². The van der Waals surface area contributed by atoms with Crippen LogP contribution in [0.5, 0.6) is 11.5 Å². The molecule has 0 aliphatic heterocycles. The van der Waals surface area contributed by atoms with Crippen molar-refractivity contribution in [1.29, 1.82) is 0 Å². The number of nitrogens with one attached hydrogen (secondary N) is 1. The van der Waals surface area contributed by atoms with Crippen LogP contribution in [0.15, 0.2) is 60.7 Å². The van der Waals surface area contributed by atoms with Crippen molar-refractivity contribution in [2.45, 2.75) is 19.3 Å². The molecule has 2 aromatic heterocycles. The van der Waals surface area contributed by atoms with Gasteiger partial charge in [-0.25, -0.2) is 4.98 Å². The van der Waals surface area contributed by atoms with E-state index in [2.05, 4.69) is 11.4 Å². The van der Waals surface area contributed by atoms with E-state index in [0.717, 1.165) is 40.9 Å². The third-order valence-corrected chi connectivity index (χ3v) is 6.16. The number of anilines is 2. The molecule has 0 saturated carbocycles. The Morgan fingerprint density at radius 3 is 2.59 bits per heavy atom. The van der Waals surface area contributed by atoms with Gasteiger partial charge in [-0.3, -0.25) is 4.79 Å². The van der Waals surface area contributed by atoms with Gasteiger partial charge in [-0.05, 0) is 67.3 Å². The predicted octanol–water partition coefficient (Wildman–Crippen LogP) is 5.41. The van der Waals surface area contributed by atoms with Gasteiger partial charge >= 0.3 is 0 Å². The maximum absolute atomic E-state index is 12.8. The molecule has 1 aliphatic rings. The van der Waals surface area contributed by atoms with Crippen molar-refractivity contribution >= 4 is 38.8 Å². The van der Waals surface area contributed by atoms with Gasteiger partial charge in [0.05, 0.1) is 5.69 Å². The summed E-state index contributed by atoms with van der Waals surface area (Å²) in [7, 11) is 0. The Kier molecular flexibility index (Phi) is 4.41. The Hall–Kier alpha value is -3.38. The first-order valence-electron chi connectivity index (χ1n) is 9.52. The van der Waals surface area contributed by atoms with E-state index in [9.17, 15) is 4.79 Å². The number of nitrogens with two attached hydrogens (primary N) is 1. The molecule has 0 bridgehead atoms. The second kappa shape index (κ2) is 7.22. The summed E-state index contributed by atoms with van der Waals surface area (Å²) in [6.07, 6.45) is 3.17. The summed E-state index contributed by atoms with van der Waals surface area (Å²) < 4.78 is 5.78. The molecule has 0 unspecified atom stereocenters. The maximum Gasteiger partial charge on any atom is 0.267 e. The Morgan fingerprint density at radius 1 is 1.03 bits per heavy atom. The number of nitrogen functional groups attached to an aromatic ring is 1. The van der Waals surface area contributed by atoms with Crippen LogP contribution in [-0.4, -0.2) is 10.9 Å². The number of para-hydroxylation sites is 1. The second-order valence-corrected chi connectivity index (χ2v) is 8.04. The predicted molar refractivity (Wildman–Crippen MR) is 117 cm³/mol. The van der Waals surface area contributed by atoms with E-state index in [-0.39, 0.29) is 5.91 Å². The second-order valence-electron chi connectivity index (χ2n) is 7.04. The minimum absolute atomic E-state index is 0.220. The molecule has 0 fully saturated rings. The third kappa shape index (κ3) is 3.43. The molecule has 3 N–H and O–H groups in total. The summed E-state index contributed by atoms with van der Waals surface area (Å²) in [6, 6.07) is 18.9. The van der Waals surface area contributed by atoms with Gasteiger partial charge in [0, 0.05) is 16.8 Å². The number of pyridine rings is 1. The molecule has 4 aromatic rings. The summed E-state index contributed by atoms with van der Waals surface area (Å²) >= 11 is 1.35. The van der Waals surface area contributed by atoms with Gasteiger partial charge in [0.25, 0.3) is 5.91 Å². The van der Waals surface area contributed by atoms with Crippen LogP contribution in [0, 0.1) is 0 Å². The SMILES string of the molecule is Nc1c(C(=O)Nc2ccc(Oc3ccccc3)cc2)sc2nc3c(cc12)CCC3. The topological polar surface area (TPSA) is 77.2 Å². The Balaban J connectivity index is 1.34. The van der Waals surface area contributed by atoms with E-state index in [4.69, 9.17) is 15.5 Å². The smallest absolute Gasteiger partial charge is 0.267 e. The maximum atomic E-state index is 12.8. The van der Waals surface area contributed by atoms with E-state index in [1.165, 1.54) is 16.9 Å². The molecule has 0 atom stereocenters. The number of carbonyl (C=O) groups is 1. The molecular formula is C23H19N3O2S. The lowest BCUT2D eigenvalue weighted by Gasteiger charge is -2.08. The van der Waals surface area contributed by atoms with Crippen molar-refractivity contribution in [2.75, 3.05) is 11.1 Å². The van der Waals surface area contributed by atoms with Crippen molar-refractivity contribution < 1.29 is 9.53 Å². The fourth-order valence-corrected chi connectivity index (χ4v) is 4.58. The van der Waals surface area contributed by atoms with Gasteiger partial charge in [0.1, 0.15) is 21.2 Å². The van der Waals surface area contributed by atoms with Crippen LogP contribution in [0.2, 0.25) is 0 Å². The molecule has 0 spiro atoms. The lowest BCUT2D eigenvalue weighted by atomic mass is 10.1. The number of hydrogen-bond donors (Lipinski definition) is 2. The fourth-order valence-electron chi connectivity index (χ4n) is 3.59. The highest BCUT2D eigenvalue weighted by Crippen LogP contribution is 2.36. The van der Waals surface area contributed by atoms with E-state index >= 15 is 0 Å². The summed E-state index contributed by atoms with van der Waals surface area (Å²) in [5, 5.41) is 3.80. The zero-order chi connectivity index (χ0) is 19.8. The monoisotopic (exact) mass is 401 g/mol. The highest BCUT2D eigenvalue weighted by molar-refractivity contribution is 7.21. The van der Waals surface area contributed by atoms with Gasteiger partial charge in [0.15, 0.2) is 0 Å². The lowest BCUT2D eigenvalue weighted by Crippen LogP contribution is -2.11. The number of hydrogen-bond acceptors (Lipinski definition) is 5. The lowest BCUT2D eigenvalue weighted by molar-refractivity contribution is 0.103. The van der Waals surface area contributed by atoms with Crippen LogP contribution in [0.25, 0.3) is 10.2 Å². The third-order valence-electron chi connectivity index (χ3n) is 5.05. The number of thiophene rings is 1. The molecule has 2 heterocycles. The highest BCUT2D eigenvalue weighted by Gasteiger charge is 2.21. The van der Waals surface area contributed by atoms with Gasteiger partial charge < -0.3 is 15.8 Å². The molecule has 29 heavy (non-hydrogen) atoms. The molecule has 5 nitrogen and oxygen atoms in total. The van der Waals surface area contributed by atoms with Crippen molar-refractivity contribution in [3.05, 3.63) is 76.8 Å². The summed E-state index contributed by atoms with van der Waals surface area (Å²) in [5.74, 6) is 1.25. The van der Waals surface area contributed by atoms with Gasteiger partial charge in [-0.2, -0.15) is 0 Å². The molecule has 6 heteroatoms. The van der Waals surface area contributed by atoms with Crippen molar-refractivity contribution in [1.82, 2.24) is 4.98 Å². The summed E-state index contributed by atoms with van der Waals surface area (Å²) in [4.78, 5) is 18.8. The number of nitrogens with zero attached hydrogens (tertiary/aromatic N) is 1. The van der Waals surface area contributed by atoms with E-state index in [0.29, 0.717) is 22.0 Å². The first-order chi connectivity index (χ1) is 14.2. The molecule has 144 valence electrons. The number of aryl methyl sites for hydroxylation is 2. The number of ether oxygens (including phenoxy) is 1. The number of aromatic nitrogens is 1. The zero-order valence-corrected chi connectivity index (χ0v) is 16.5. The average molecular weight is 401 g/mol. The van der Waals surface area contributed by atoms with Crippen LogP contribution in [0.4, 0.5) is 11.4 Å². The van der Waals surface area contributed by atoms with Crippen molar-refractivity contribution in [3.63, 3.8) is 0 Å². The number of carbonyl (C=O) groups excluding carboxylic acids is 1. The average Bonchev–Trinajstić information content (AvgIpc) is 3.32. The minimum atomic E-state index is -0.220. The van der Waals surface area contributed by atoms with Crippen LogP contribution in [-0.2, 0) is 12.8 Å². The van der Waals surface area contributed by atoms with E-state index in [1.807, 2.05) is 54.6 Å². The normalized spacial score (nSPS) is 12.7. The van der Waals surface area contributed by atoms with Gasteiger partial charge in [-0.15, -0.1) is 11.3 Å². The Morgan fingerprint density at radius 2 is 1.79 bits per heavy atom. The number of fused-ring (bicyclic) bond motifs is 2. The first kappa shape index (κ1) is 17.7. The molecule has 5 rings (SSSR count). The standard InChI is InChI=1S/C23H19N3O2S/c24-20-18-13-14-5-4-8-19(14)26-23(18)29-21(20)22(27)25-15-9-11-17(12-10-15)28-16-6-2-1-3-7-16/h1-3,6-7,9-13H,4-5,8,24H2,(H,25,27). The minimum Gasteiger partial charge on any atom is -0.457 e. The number of benzene rings is 2. The van der Waals surface area contributed by atoms with Crippen LogP contribution < -0.4 is 15.8 Å². The summed E-state index contributed by atoms with van der Waals surface area (Å²) in [6.45, 7) is 0. The number of amides is 1. The summed E-state index contributed by atoms with van der Waals surface area (Å²) in [5.41, 5.74) is 9.87. The highest BCUT2D eigenvalue weighted by atomic mass is 32.1. The Bertz CT molecular complexity index is 1200. The first-order valence-corrected chi connectivity index (χ1v) is 10.3. The quantitative estimate of drug-likeness (QED) is 0.479. The molecule has 1 aliphatic carbocycles. The van der Waals surface area contributed by atoms with E-state index in [1.54, 1.807) is 0 Å². The number of rotatable bonds is 4. The van der Waals surface area contributed by atoms with Gasteiger partial charge in [-0.1, -0.05) is 18.2 Å². The fraction of sp³-hybridized carbons (Fsp3) is 0.130. The molecule has 0 radical (unpaired) electrons. The molecular weight excluding hydrogens is 382 g/mol. The van der Waals surface area contributed by atoms with E-state index < -0.39 is 0 Å². The van der Waals surface area contributed by atoms with Crippen LogP contribution in [0.1, 0.15) is 27.3 Å². The largest absolute Gasteiger partial charge is 0.457 e. The molecule has 0 saturated heterocycles. The van der Waals surface area contributed by atoms with Crippen molar-refractivity contribution in [2.24, 2.45) is 0 Å². The van der Waals surface area contributed by atoms with Crippen LogP contribution >= 0.6 is 11.3 Å². The molecule has 1 amide bonds. The van der Waals surface area contributed by atoms with Crippen LogP contribution in [0.3, 0.4) is 0 Å². The zero-order valence-electron chi connectivity index (χ0n) is 15.6.